The van der Waals surface area contributed by atoms with Gasteiger partial charge in [-0.3, -0.25) is 9.69 Å². The van der Waals surface area contributed by atoms with Gasteiger partial charge in [0.25, 0.3) is 5.91 Å². The van der Waals surface area contributed by atoms with Crippen molar-refractivity contribution in [2.24, 2.45) is 0 Å². The highest BCUT2D eigenvalue weighted by Crippen LogP contribution is 2.44. The largest absolute Gasteiger partial charge is 0.573 e. The average Bonchev–Trinajstić information content (AvgIpc) is 3.42. The van der Waals surface area contributed by atoms with E-state index in [1.54, 1.807) is 23.1 Å². The van der Waals surface area contributed by atoms with Gasteiger partial charge in [-0.1, -0.05) is 18.2 Å². The molecule has 1 atom stereocenters. The van der Waals surface area contributed by atoms with Crippen LogP contribution >= 0.6 is 0 Å². The lowest BCUT2D eigenvalue weighted by atomic mass is 10.0. The Labute approximate surface area is 179 Å². The molecule has 1 fully saturated rings. The molecule has 1 unspecified atom stereocenters. The number of alkyl halides is 3. The summed E-state index contributed by atoms with van der Waals surface area (Å²) in [6, 6.07) is 10.6. The Hall–Kier alpha value is -3.56. The Balaban J connectivity index is 1.33. The molecule has 32 heavy (non-hydrogen) atoms. The van der Waals surface area contributed by atoms with Gasteiger partial charge in [-0.2, -0.15) is 0 Å². The van der Waals surface area contributed by atoms with Crippen molar-refractivity contribution in [2.45, 2.75) is 44.4 Å². The molecule has 1 aliphatic carbocycles. The summed E-state index contributed by atoms with van der Waals surface area (Å²) in [5.41, 5.74) is 1.70. The topological polar surface area (TPSA) is 68.7 Å². The van der Waals surface area contributed by atoms with Crippen LogP contribution in [0, 0.1) is 0 Å². The number of benzene rings is 2. The average molecular weight is 444 g/mol. The molecule has 3 heterocycles. The van der Waals surface area contributed by atoms with E-state index in [1.165, 1.54) is 24.3 Å². The minimum absolute atomic E-state index is 0.208. The summed E-state index contributed by atoms with van der Waals surface area (Å²) in [5.74, 6) is 0.500. The molecule has 2 aliphatic heterocycles. The molecular weight excluding hydrogens is 427 g/mol. The number of hydrogen-bond acceptors (Lipinski definition) is 5. The number of fused-ring (bicyclic) bond motifs is 4. The lowest BCUT2D eigenvalue weighted by Gasteiger charge is -2.37. The summed E-state index contributed by atoms with van der Waals surface area (Å²) in [6.45, 7) is 2.08. The fourth-order valence-corrected chi connectivity index (χ4v) is 4.38. The summed E-state index contributed by atoms with van der Waals surface area (Å²) >= 11 is 0. The van der Waals surface area contributed by atoms with Gasteiger partial charge in [-0.05, 0) is 48.2 Å². The third-order valence-corrected chi connectivity index (χ3v) is 6.04. The van der Waals surface area contributed by atoms with Crippen LogP contribution in [0.1, 0.15) is 47.8 Å². The lowest BCUT2D eigenvalue weighted by Crippen LogP contribution is -2.66. The number of aromatic nitrogens is 2. The zero-order chi connectivity index (χ0) is 22.3. The van der Waals surface area contributed by atoms with Gasteiger partial charge in [0.15, 0.2) is 5.16 Å². The first-order valence-electron chi connectivity index (χ1n) is 10.2. The third-order valence-electron chi connectivity index (χ3n) is 6.04. The van der Waals surface area contributed by atoms with E-state index in [0.717, 1.165) is 18.7 Å². The molecule has 6 rings (SSSR count). The molecule has 3 aliphatic rings. The highest BCUT2D eigenvalue weighted by molar-refractivity contribution is 5.99. The summed E-state index contributed by atoms with van der Waals surface area (Å²) in [4.78, 5) is 15.0. The molecule has 2 aromatic carbocycles. The van der Waals surface area contributed by atoms with Gasteiger partial charge in [-0.25, -0.2) is 4.52 Å². The van der Waals surface area contributed by atoms with Crippen LogP contribution in [0.2, 0.25) is 0 Å². The van der Waals surface area contributed by atoms with Gasteiger partial charge < -0.3 is 9.47 Å². The first-order chi connectivity index (χ1) is 15.2. The Kier molecular flexibility index (Phi) is 3.73. The second-order valence-corrected chi connectivity index (χ2v) is 8.26. The van der Waals surface area contributed by atoms with Crippen molar-refractivity contribution in [1.82, 2.24) is 10.1 Å². The van der Waals surface area contributed by atoms with E-state index in [1.807, 2.05) is 11.5 Å². The summed E-state index contributed by atoms with van der Waals surface area (Å²) in [7, 11) is 0. The first-order valence-corrected chi connectivity index (χ1v) is 10.2. The van der Waals surface area contributed by atoms with Gasteiger partial charge in [0.05, 0.1) is 11.5 Å². The number of rotatable bonds is 3. The number of carbonyl (C=O) groups is 1. The van der Waals surface area contributed by atoms with Crippen LogP contribution in [0.3, 0.4) is 0 Å². The van der Waals surface area contributed by atoms with Crippen LogP contribution < -0.4 is 14.0 Å². The van der Waals surface area contributed by atoms with Gasteiger partial charge in [0.2, 0.25) is 0 Å². The van der Waals surface area contributed by atoms with Gasteiger partial charge in [-0.15, -0.1) is 17.7 Å². The molecule has 1 aromatic heterocycles. The fourth-order valence-electron chi connectivity index (χ4n) is 4.38. The van der Waals surface area contributed by atoms with E-state index in [4.69, 9.17) is 9.26 Å². The normalized spacial score (nSPS) is 21.6. The summed E-state index contributed by atoms with van der Waals surface area (Å²) in [5, 5.41) is 4.15. The lowest BCUT2D eigenvalue weighted by molar-refractivity contribution is -0.813. The van der Waals surface area contributed by atoms with Crippen molar-refractivity contribution < 1.29 is 36.5 Å². The number of halogens is 3. The van der Waals surface area contributed by atoms with E-state index >= 15 is 0 Å². The first kappa shape index (κ1) is 19.1. The van der Waals surface area contributed by atoms with E-state index in [0.29, 0.717) is 34.2 Å². The predicted octanol–water partition coefficient (Wildman–Crippen LogP) is 4.08. The maximum Gasteiger partial charge on any atom is 0.573 e. The smallest absolute Gasteiger partial charge is 0.431 e. The quantitative estimate of drug-likeness (QED) is 0.570. The minimum atomic E-state index is -4.75. The Morgan fingerprint density at radius 2 is 1.88 bits per heavy atom. The van der Waals surface area contributed by atoms with Crippen LogP contribution in [0.25, 0.3) is 11.1 Å². The number of hydrogen-bond donors (Lipinski definition) is 0. The van der Waals surface area contributed by atoms with Crippen molar-refractivity contribution in [3.05, 3.63) is 59.7 Å². The zero-order valence-corrected chi connectivity index (χ0v) is 16.8. The molecule has 0 saturated heterocycles. The Morgan fingerprint density at radius 1 is 1.16 bits per heavy atom. The van der Waals surface area contributed by atoms with Gasteiger partial charge >= 0.3 is 23.9 Å². The highest BCUT2D eigenvalue weighted by Gasteiger charge is 2.60. The van der Waals surface area contributed by atoms with Crippen LogP contribution in [-0.2, 0) is 12.4 Å². The Morgan fingerprint density at radius 3 is 2.56 bits per heavy atom. The maximum absolute atomic E-state index is 13.4. The minimum Gasteiger partial charge on any atom is -0.431 e. The molecular formula is C22H17F3N3O4+. The molecule has 7 nitrogen and oxygen atoms in total. The molecule has 0 N–H and O–H groups in total. The number of nitrogens with zero attached hydrogens (tertiary/aromatic N) is 3. The number of ether oxygens (including phenoxy) is 2. The summed E-state index contributed by atoms with van der Waals surface area (Å²) in [6.07, 6.45) is -2.71. The van der Waals surface area contributed by atoms with Crippen LogP contribution in [0.5, 0.6) is 11.5 Å². The Bertz CT molecular complexity index is 1250. The van der Waals surface area contributed by atoms with E-state index in [-0.39, 0.29) is 18.2 Å². The van der Waals surface area contributed by atoms with Crippen molar-refractivity contribution in [3.63, 3.8) is 0 Å². The fraction of sp³-hybridized carbons (Fsp3) is 0.318. The van der Waals surface area contributed by atoms with Crippen LogP contribution in [0.4, 0.5) is 13.2 Å². The second kappa shape index (κ2) is 6.24. The van der Waals surface area contributed by atoms with Crippen molar-refractivity contribution in [1.29, 1.82) is 0 Å². The molecule has 10 heteroatoms. The van der Waals surface area contributed by atoms with Crippen LogP contribution in [-0.4, -0.2) is 22.3 Å². The predicted molar refractivity (Wildman–Crippen MR) is 101 cm³/mol. The SMILES string of the molecule is CC12Oc3ccc(-c4ccc(OC(F)(F)F)cc4)cc3C(=O)N1Cc1noc(C3CC3)[n+]12. The molecule has 0 radical (unpaired) electrons. The maximum atomic E-state index is 13.4. The van der Waals surface area contributed by atoms with Gasteiger partial charge in [0, 0.05) is 6.92 Å². The van der Waals surface area contributed by atoms with Crippen LogP contribution in [0.15, 0.2) is 47.0 Å². The van der Waals surface area contributed by atoms with E-state index < -0.39 is 12.2 Å². The van der Waals surface area contributed by atoms with Crippen molar-refractivity contribution >= 4 is 5.91 Å². The van der Waals surface area contributed by atoms with E-state index in [2.05, 4.69) is 9.89 Å². The third kappa shape index (κ3) is 2.85. The summed E-state index contributed by atoms with van der Waals surface area (Å²) < 4.78 is 54.8. The monoisotopic (exact) mass is 444 g/mol. The van der Waals surface area contributed by atoms with Crippen molar-refractivity contribution in [2.75, 3.05) is 0 Å². The number of carbonyl (C=O) groups excluding carboxylic acids is 1. The molecule has 1 saturated carbocycles. The van der Waals surface area contributed by atoms with E-state index in [9.17, 15) is 18.0 Å². The molecule has 164 valence electrons. The zero-order valence-electron chi connectivity index (χ0n) is 16.8. The molecule has 0 bridgehead atoms. The molecule has 3 aromatic rings. The van der Waals surface area contributed by atoms with Gasteiger partial charge in [0.1, 0.15) is 18.0 Å². The number of amides is 1. The standard InChI is InChI=1S/C22H17F3N3O4/c1-21-27(11-18-26-32-20(28(18)21)13-2-3-13)19(29)16-10-14(6-9-17(16)31-21)12-4-7-15(8-5-12)30-22(23,24)25/h4-10,13H,2-3,11H2,1H3/q+1. The highest BCUT2D eigenvalue weighted by atomic mass is 19.4. The van der Waals surface area contributed by atoms with Crippen molar-refractivity contribution in [3.8, 4) is 22.6 Å². The molecule has 0 spiro atoms. The molecule has 1 amide bonds. The second-order valence-electron chi connectivity index (χ2n) is 8.26.